The van der Waals surface area contributed by atoms with Gasteiger partial charge in [0.15, 0.2) is 11.5 Å². The van der Waals surface area contributed by atoms with Crippen LogP contribution in [0.15, 0.2) is 53.6 Å². The largest absolute Gasteiger partial charge is 0.493 e. The molecule has 0 saturated carbocycles. The fraction of sp³-hybridized carbons (Fsp3) is 0.263. The summed E-state index contributed by atoms with van der Waals surface area (Å²) >= 11 is 0. The molecular weight excluding hydrogens is 382 g/mol. The van der Waals surface area contributed by atoms with Crippen LogP contribution < -0.4 is 19.2 Å². The lowest BCUT2D eigenvalue weighted by molar-refractivity contribution is -0.121. The first-order valence-electron chi connectivity index (χ1n) is 8.38. The molecule has 28 heavy (non-hydrogen) atoms. The summed E-state index contributed by atoms with van der Waals surface area (Å²) in [6.45, 7) is 1.49. The standard InChI is InChI=1S/C19H23N3O5S/c1-14(22(28(4,24)25)16-10-6-5-7-11-16)19(23)21-20-13-15-9-8-12-17(26-2)18(15)27-3/h5-14H,1-4H3,(H,21,23). The number of carbonyl (C=O) groups excluding carboxylic acids is 1. The van der Waals surface area contributed by atoms with E-state index in [2.05, 4.69) is 10.5 Å². The van der Waals surface area contributed by atoms with Crippen molar-refractivity contribution in [3.05, 3.63) is 54.1 Å². The minimum absolute atomic E-state index is 0.395. The Kier molecular flexibility index (Phi) is 7.00. The number of hydrogen-bond acceptors (Lipinski definition) is 6. The molecule has 8 nitrogen and oxygen atoms in total. The molecule has 2 rings (SSSR count). The van der Waals surface area contributed by atoms with E-state index in [9.17, 15) is 13.2 Å². The van der Waals surface area contributed by atoms with Crippen molar-refractivity contribution in [1.82, 2.24) is 5.43 Å². The lowest BCUT2D eigenvalue weighted by Gasteiger charge is -2.27. The molecule has 0 aromatic heterocycles. The SMILES string of the molecule is COc1cccc(C=NNC(=O)C(C)N(c2ccccc2)S(C)(=O)=O)c1OC. The highest BCUT2D eigenvalue weighted by atomic mass is 32.2. The number of hydrazone groups is 1. The molecule has 1 atom stereocenters. The first-order chi connectivity index (χ1) is 13.3. The van der Waals surface area contributed by atoms with E-state index in [0.717, 1.165) is 10.6 Å². The molecule has 9 heteroatoms. The van der Waals surface area contributed by atoms with E-state index in [0.29, 0.717) is 22.7 Å². The normalized spacial score (nSPS) is 12.4. The van der Waals surface area contributed by atoms with Gasteiger partial charge in [0.25, 0.3) is 5.91 Å². The number of nitrogens with one attached hydrogen (secondary N) is 1. The number of sulfonamides is 1. The van der Waals surface area contributed by atoms with Crippen molar-refractivity contribution in [1.29, 1.82) is 0 Å². The van der Waals surface area contributed by atoms with Crippen LogP contribution in [0.5, 0.6) is 11.5 Å². The average Bonchev–Trinajstić information content (AvgIpc) is 2.67. The molecule has 1 N–H and O–H groups in total. The molecule has 0 aliphatic heterocycles. The zero-order valence-corrected chi connectivity index (χ0v) is 16.9. The Labute approximate surface area is 164 Å². The molecule has 0 aliphatic carbocycles. The van der Waals surface area contributed by atoms with E-state index in [-0.39, 0.29) is 0 Å². The number of ether oxygens (including phenoxy) is 2. The molecule has 1 amide bonds. The molecule has 2 aromatic carbocycles. The Hall–Kier alpha value is -3.07. The third-order valence-electron chi connectivity index (χ3n) is 3.91. The van der Waals surface area contributed by atoms with Crippen LogP contribution in [0.25, 0.3) is 0 Å². The van der Waals surface area contributed by atoms with Crippen molar-refractivity contribution in [3.63, 3.8) is 0 Å². The van der Waals surface area contributed by atoms with E-state index in [4.69, 9.17) is 9.47 Å². The summed E-state index contributed by atoms with van der Waals surface area (Å²) < 4.78 is 36.0. The van der Waals surface area contributed by atoms with Gasteiger partial charge in [0.05, 0.1) is 32.4 Å². The van der Waals surface area contributed by atoms with E-state index < -0.39 is 22.0 Å². The van der Waals surface area contributed by atoms with Gasteiger partial charge in [-0.3, -0.25) is 9.10 Å². The van der Waals surface area contributed by atoms with Crippen molar-refractivity contribution in [3.8, 4) is 11.5 Å². The molecule has 0 bridgehead atoms. The topological polar surface area (TPSA) is 97.3 Å². The lowest BCUT2D eigenvalue weighted by Crippen LogP contribution is -2.46. The molecule has 0 spiro atoms. The second-order valence-corrected chi connectivity index (χ2v) is 7.75. The van der Waals surface area contributed by atoms with Crippen molar-refractivity contribution < 1.29 is 22.7 Å². The van der Waals surface area contributed by atoms with Crippen molar-refractivity contribution in [2.75, 3.05) is 24.8 Å². The van der Waals surface area contributed by atoms with Gasteiger partial charge in [-0.1, -0.05) is 24.3 Å². The van der Waals surface area contributed by atoms with E-state index >= 15 is 0 Å². The van der Waals surface area contributed by atoms with Gasteiger partial charge in [0.2, 0.25) is 10.0 Å². The van der Waals surface area contributed by atoms with Gasteiger partial charge in [0.1, 0.15) is 6.04 Å². The van der Waals surface area contributed by atoms with Crippen molar-refractivity contribution >= 4 is 27.8 Å². The number of carbonyl (C=O) groups is 1. The zero-order valence-electron chi connectivity index (χ0n) is 16.1. The quantitative estimate of drug-likeness (QED) is 0.535. The van der Waals surface area contributed by atoms with Gasteiger partial charge in [-0.25, -0.2) is 13.8 Å². The number of amides is 1. The van der Waals surface area contributed by atoms with Gasteiger partial charge in [-0.2, -0.15) is 5.10 Å². The Morgan fingerprint density at radius 3 is 2.36 bits per heavy atom. The van der Waals surface area contributed by atoms with Crippen LogP contribution in [-0.2, 0) is 14.8 Å². The lowest BCUT2D eigenvalue weighted by atomic mass is 10.2. The molecule has 2 aromatic rings. The van der Waals surface area contributed by atoms with Gasteiger partial charge >= 0.3 is 0 Å². The van der Waals surface area contributed by atoms with E-state index in [1.54, 1.807) is 48.5 Å². The van der Waals surface area contributed by atoms with Gasteiger partial charge in [-0.15, -0.1) is 0 Å². The van der Waals surface area contributed by atoms with Crippen LogP contribution in [-0.4, -0.2) is 47.1 Å². The molecule has 0 radical (unpaired) electrons. The number of para-hydroxylation sites is 2. The third-order valence-corrected chi connectivity index (χ3v) is 5.15. The Balaban J connectivity index is 2.19. The van der Waals surface area contributed by atoms with Gasteiger partial charge < -0.3 is 9.47 Å². The summed E-state index contributed by atoms with van der Waals surface area (Å²) in [4.78, 5) is 12.5. The van der Waals surface area contributed by atoms with E-state index in [1.165, 1.54) is 27.4 Å². The Morgan fingerprint density at radius 1 is 1.11 bits per heavy atom. The minimum Gasteiger partial charge on any atom is -0.493 e. The van der Waals surface area contributed by atoms with Gasteiger partial charge in [-0.05, 0) is 31.2 Å². The Morgan fingerprint density at radius 2 is 1.79 bits per heavy atom. The predicted molar refractivity (Wildman–Crippen MR) is 109 cm³/mol. The van der Waals surface area contributed by atoms with Crippen LogP contribution in [0.1, 0.15) is 12.5 Å². The predicted octanol–water partition coefficient (Wildman–Crippen LogP) is 2.01. The minimum atomic E-state index is -3.67. The van der Waals surface area contributed by atoms with Gasteiger partial charge in [0, 0.05) is 5.56 Å². The van der Waals surface area contributed by atoms with Crippen LogP contribution >= 0.6 is 0 Å². The number of rotatable bonds is 8. The summed E-state index contributed by atoms with van der Waals surface area (Å²) in [6, 6.07) is 12.6. The highest BCUT2D eigenvalue weighted by Gasteiger charge is 2.28. The van der Waals surface area contributed by atoms with Crippen molar-refractivity contribution in [2.45, 2.75) is 13.0 Å². The highest BCUT2D eigenvalue weighted by molar-refractivity contribution is 7.92. The van der Waals surface area contributed by atoms with Crippen LogP contribution in [0.3, 0.4) is 0 Å². The van der Waals surface area contributed by atoms with E-state index in [1.807, 2.05) is 0 Å². The number of nitrogens with zero attached hydrogens (tertiary/aromatic N) is 2. The maximum atomic E-state index is 12.5. The molecule has 1 unspecified atom stereocenters. The first-order valence-corrected chi connectivity index (χ1v) is 10.2. The average molecular weight is 405 g/mol. The zero-order chi connectivity index (χ0) is 20.7. The molecule has 150 valence electrons. The van der Waals surface area contributed by atoms with Crippen molar-refractivity contribution in [2.24, 2.45) is 5.10 Å². The second-order valence-electron chi connectivity index (χ2n) is 5.89. The number of hydrogen-bond donors (Lipinski definition) is 1. The molecule has 0 aliphatic rings. The third kappa shape index (κ3) is 5.01. The van der Waals surface area contributed by atoms with Crippen LogP contribution in [0.2, 0.25) is 0 Å². The summed E-state index contributed by atoms with van der Waals surface area (Å²) in [7, 11) is -0.656. The number of methoxy groups -OCH3 is 2. The molecule has 0 saturated heterocycles. The summed E-state index contributed by atoms with van der Waals surface area (Å²) in [6.07, 6.45) is 2.45. The second kappa shape index (κ2) is 9.23. The molecule has 0 heterocycles. The summed E-state index contributed by atoms with van der Waals surface area (Å²) in [5, 5.41) is 3.92. The summed E-state index contributed by atoms with van der Waals surface area (Å²) in [5.41, 5.74) is 3.36. The fourth-order valence-corrected chi connectivity index (χ4v) is 3.83. The van der Waals surface area contributed by atoms with Crippen LogP contribution in [0, 0.1) is 0 Å². The molecule has 0 fully saturated rings. The monoisotopic (exact) mass is 405 g/mol. The first kappa shape index (κ1) is 21.2. The molecular formula is C19H23N3O5S. The van der Waals surface area contributed by atoms with Crippen LogP contribution in [0.4, 0.5) is 5.69 Å². The number of anilines is 1. The number of benzene rings is 2. The smallest absolute Gasteiger partial charge is 0.263 e. The maximum Gasteiger partial charge on any atom is 0.263 e. The highest BCUT2D eigenvalue weighted by Crippen LogP contribution is 2.29. The summed E-state index contributed by atoms with van der Waals surface area (Å²) in [5.74, 6) is 0.420. The maximum absolute atomic E-state index is 12.5. The fourth-order valence-electron chi connectivity index (χ4n) is 2.66. The Bertz CT molecular complexity index is 945.